The van der Waals surface area contributed by atoms with Gasteiger partial charge in [-0.2, -0.15) is 0 Å². The van der Waals surface area contributed by atoms with Crippen LogP contribution in [-0.4, -0.2) is 35.4 Å². The highest BCUT2D eigenvalue weighted by molar-refractivity contribution is 6.27. The molecular formula is C19H21F2NO4. The molecule has 1 aromatic rings. The molecule has 2 bridgehead atoms. The Balaban J connectivity index is 2.03. The molecule has 1 N–H and O–H groups in total. The minimum absolute atomic E-state index is 0.170. The number of carbonyl (C=O) groups is 2. The Hall–Kier alpha value is -2.15. The Morgan fingerprint density at radius 2 is 1.92 bits per heavy atom. The second-order valence-electron chi connectivity index (χ2n) is 6.79. The normalized spacial score (nSPS) is 22.4. The summed E-state index contributed by atoms with van der Waals surface area (Å²) >= 11 is 0. The number of fused-ring (bicyclic) bond motifs is 2. The zero-order valence-corrected chi connectivity index (χ0v) is 14.5. The molecule has 0 amide bonds. The molecule has 7 heteroatoms. The van der Waals surface area contributed by atoms with Crippen molar-refractivity contribution >= 4 is 17.3 Å². The zero-order chi connectivity index (χ0) is 18.8. The van der Waals surface area contributed by atoms with E-state index in [-0.39, 0.29) is 46.7 Å². The number of aliphatic hydroxyl groups excluding tert-OH is 1. The van der Waals surface area contributed by atoms with Crippen LogP contribution >= 0.6 is 0 Å². The summed E-state index contributed by atoms with van der Waals surface area (Å²) in [5.74, 6) is -1.60. The number of ether oxygens (including phenoxy) is 1. The minimum Gasteiger partial charge on any atom is -0.506 e. The van der Waals surface area contributed by atoms with E-state index in [1.165, 1.54) is 13.2 Å². The quantitative estimate of drug-likeness (QED) is 0.362. The van der Waals surface area contributed by atoms with Crippen molar-refractivity contribution in [3.8, 4) is 0 Å². The topological polar surface area (TPSA) is 76.5 Å². The lowest BCUT2D eigenvalue weighted by Crippen LogP contribution is -2.30. The molecule has 2 fully saturated rings. The third kappa shape index (κ3) is 3.40. The number of pyridine rings is 1. The first-order valence-corrected chi connectivity index (χ1v) is 8.73. The summed E-state index contributed by atoms with van der Waals surface area (Å²) in [6.07, 6.45) is -0.105. The number of hydrogen-bond acceptors (Lipinski definition) is 5. The maximum atomic E-state index is 13.0. The molecule has 5 nitrogen and oxygen atoms in total. The average molecular weight is 365 g/mol. The Kier molecular flexibility index (Phi) is 5.46. The number of aromatic nitrogens is 1. The van der Waals surface area contributed by atoms with Crippen molar-refractivity contribution in [3.05, 3.63) is 34.7 Å². The van der Waals surface area contributed by atoms with Gasteiger partial charge >= 0.3 is 0 Å². The minimum atomic E-state index is -2.74. The zero-order valence-electron chi connectivity index (χ0n) is 14.5. The largest absolute Gasteiger partial charge is 0.506 e. The summed E-state index contributed by atoms with van der Waals surface area (Å²) in [6, 6.07) is 2.43. The van der Waals surface area contributed by atoms with Crippen LogP contribution in [0.4, 0.5) is 8.78 Å². The van der Waals surface area contributed by atoms with Crippen molar-refractivity contribution in [2.75, 3.05) is 13.7 Å². The highest BCUT2D eigenvalue weighted by Crippen LogP contribution is 2.42. The van der Waals surface area contributed by atoms with Crippen molar-refractivity contribution in [2.45, 2.75) is 38.5 Å². The van der Waals surface area contributed by atoms with Gasteiger partial charge in [-0.15, -0.1) is 0 Å². The fourth-order valence-electron chi connectivity index (χ4n) is 3.79. The third-order valence-corrected chi connectivity index (χ3v) is 5.14. The Bertz CT molecular complexity index is 736. The van der Waals surface area contributed by atoms with E-state index >= 15 is 0 Å². The van der Waals surface area contributed by atoms with Crippen molar-refractivity contribution in [1.29, 1.82) is 0 Å². The van der Waals surface area contributed by atoms with E-state index in [2.05, 4.69) is 4.98 Å². The molecule has 0 spiro atoms. The number of methoxy groups -OCH3 is 1. The number of allylic oxidation sites excluding steroid dienone is 1. The number of aliphatic hydroxyl groups is 1. The van der Waals surface area contributed by atoms with Gasteiger partial charge in [0.15, 0.2) is 11.6 Å². The summed E-state index contributed by atoms with van der Waals surface area (Å²) in [4.78, 5) is 29.1. The van der Waals surface area contributed by atoms with Crippen LogP contribution < -0.4 is 0 Å². The number of Topliss-reactive ketones (excluding diaryl/α,β-unsaturated/α-hetero) is 2. The van der Waals surface area contributed by atoms with Crippen LogP contribution in [0.5, 0.6) is 0 Å². The van der Waals surface area contributed by atoms with Gasteiger partial charge in [0.1, 0.15) is 17.0 Å². The van der Waals surface area contributed by atoms with Gasteiger partial charge in [-0.1, -0.05) is 0 Å². The predicted molar refractivity (Wildman–Crippen MR) is 89.8 cm³/mol. The lowest BCUT2D eigenvalue weighted by atomic mass is 9.81. The van der Waals surface area contributed by atoms with Gasteiger partial charge in [-0.25, -0.2) is 8.78 Å². The van der Waals surface area contributed by atoms with E-state index in [4.69, 9.17) is 4.74 Å². The lowest BCUT2D eigenvalue weighted by Gasteiger charge is -2.21. The molecule has 3 rings (SSSR count). The van der Waals surface area contributed by atoms with E-state index in [0.29, 0.717) is 32.3 Å². The average Bonchev–Trinajstić information content (AvgIpc) is 3.07. The molecule has 0 aliphatic heterocycles. The van der Waals surface area contributed by atoms with Gasteiger partial charge in [0, 0.05) is 31.1 Å². The van der Waals surface area contributed by atoms with Crippen LogP contribution in [0.15, 0.2) is 17.7 Å². The standard InChI is InChI=1S/C19H21F2NO4/c1-26-8-2-3-13-12(6-7-14(22-13)19(20)21)18(25)15-16(23)10-4-5-11(9-10)17(15)24/h6-7,10-11,19,25H,2-5,8-9H2,1H3. The van der Waals surface area contributed by atoms with Crippen molar-refractivity contribution < 1.29 is 28.2 Å². The molecule has 0 saturated heterocycles. The van der Waals surface area contributed by atoms with Gasteiger partial charge < -0.3 is 9.84 Å². The summed E-state index contributed by atoms with van der Waals surface area (Å²) < 4.78 is 30.9. The van der Waals surface area contributed by atoms with Crippen LogP contribution in [0.2, 0.25) is 0 Å². The van der Waals surface area contributed by atoms with E-state index < -0.39 is 17.9 Å². The molecule has 140 valence electrons. The molecule has 2 aliphatic rings. The number of nitrogens with zero attached hydrogens (tertiary/aromatic N) is 1. The number of halogens is 2. The molecule has 1 heterocycles. The predicted octanol–water partition coefficient (Wildman–Crippen LogP) is 3.44. The maximum absolute atomic E-state index is 13.0. The van der Waals surface area contributed by atoms with Crippen molar-refractivity contribution in [3.63, 3.8) is 0 Å². The Morgan fingerprint density at radius 1 is 1.27 bits per heavy atom. The molecule has 2 saturated carbocycles. The number of ketones is 2. The van der Waals surface area contributed by atoms with Crippen LogP contribution in [0.1, 0.15) is 49.1 Å². The van der Waals surface area contributed by atoms with E-state index in [1.54, 1.807) is 0 Å². The van der Waals surface area contributed by atoms with Crippen LogP contribution in [0.25, 0.3) is 5.76 Å². The second-order valence-corrected chi connectivity index (χ2v) is 6.79. The molecule has 2 unspecified atom stereocenters. The SMILES string of the molecule is COCCCc1nc(C(F)F)ccc1C(O)=C1C(=O)C2CCC(C2)C1=O. The first-order valence-electron chi connectivity index (χ1n) is 8.73. The fraction of sp³-hybridized carbons (Fsp3) is 0.526. The highest BCUT2D eigenvalue weighted by Gasteiger charge is 2.45. The number of hydrogen-bond donors (Lipinski definition) is 1. The number of aryl methyl sites for hydroxylation is 1. The molecular weight excluding hydrogens is 344 g/mol. The summed E-state index contributed by atoms with van der Waals surface area (Å²) in [5, 5.41) is 10.7. The van der Waals surface area contributed by atoms with Crippen LogP contribution in [0, 0.1) is 11.8 Å². The van der Waals surface area contributed by atoms with Crippen LogP contribution in [0.3, 0.4) is 0 Å². The molecule has 1 aromatic heterocycles. The summed E-state index contributed by atoms with van der Waals surface area (Å²) in [6.45, 7) is 0.402. The highest BCUT2D eigenvalue weighted by atomic mass is 19.3. The molecule has 0 radical (unpaired) electrons. The van der Waals surface area contributed by atoms with Crippen molar-refractivity contribution in [1.82, 2.24) is 4.98 Å². The number of alkyl halides is 2. The Labute approximate surface area is 150 Å². The summed E-state index contributed by atoms with van der Waals surface area (Å²) in [7, 11) is 1.53. The fourth-order valence-corrected chi connectivity index (χ4v) is 3.79. The smallest absolute Gasteiger partial charge is 0.280 e. The molecule has 2 aliphatic carbocycles. The maximum Gasteiger partial charge on any atom is 0.280 e. The Morgan fingerprint density at radius 3 is 2.50 bits per heavy atom. The van der Waals surface area contributed by atoms with Gasteiger partial charge in [-0.05, 0) is 44.2 Å². The monoisotopic (exact) mass is 365 g/mol. The first-order chi connectivity index (χ1) is 12.4. The van der Waals surface area contributed by atoms with Gasteiger partial charge in [0.05, 0.1) is 5.69 Å². The van der Waals surface area contributed by atoms with Gasteiger partial charge in [0.25, 0.3) is 6.43 Å². The van der Waals surface area contributed by atoms with Crippen LogP contribution in [-0.2, 0) is 20.7 Å². The molecule has 26 heavy (non-hydrogen) atoms. The molecule has 2 atom stereocenters. The van der Waals surface area contributed by atoms with E-state index in [0.717, 1.165) is 6.07 Å². The third-order valence-electron chi connectivity index (χ3n) is 5.14. The number of carbonyl (C=O) groups excluding carboxylic acids is 2. The second kappa shape index (κ2) is 7.61. The lowest BCUT2D eigenvalue weighted by molar-refractivity contribution is -0.127. The van der Waals surface area contributed by atoms with E-state index in [1.807, 2.05) is 0 Å². The van der Waals surface area contributed by atoms with Gasteiger partial charge in [-0.3, -0.25) is 14.6 Å². The van der Waals surface area contributed by atoms with Crippen molar-refractivity contribution in [2.24, 2.45) is 11.8 Å². The number of rotatable bonds is 6. The molecule has 0 aromatic carbocycles. The summed E-state index contributed by atoms with van der Waals surface area (Å²) in [5.41, 5.74) is -0.185. The first kappa shape index (κ1) is 18.6. The van der Waals surface area contributed by atoms with Gasteiger partial charge in [0.2, 0.25) is 0 Å². The van der Waals surface area contributed by atoms with E-state index in [9.17, 15) is 23.5 Å².